The van der Waals surface area contributed by atoms with Gasteiger partial charge in [0.15, 0.2) is 0 Å². The molecule has 6 aromatic rings. The molecule has 0 N–H and O–H groups in total. The van der Waals surface area contributed by atoms with Crippen molar-refractivity contribution in [3.05, 3.63) is 119 Å². The second-order valence-corrected chi connectivity index (χ2v) is 14.5. The van der Waals surface area contributed by atoms with Crippen molar-refractivity contribution in [2.75, 3.05) is 14.2 Å². The number of carbonyl (C=O) groups excluding carboxylic acids is 2. The van der Waals surface area contributed by atoms with E-state index < -0.39 is 18.4 Å². The maximum atomic E-state index is 12.9. The predicted molar refractivity (Wildman–Crippen MR) is 223 cm³/mol. The average molecular weight is 803 g/mol. The molecule has 0 amide bonds. The van der Waals surface area contributed by atoms with Crippen LogP contribution in [0.5, 0.6) is 34.5 Å². The van der Waals surface area contributed by atoms with Gasteiger partial charge in [-0.25, -0.2) is 0 Å². The molecule has 4 aromatic carbocycles. The van der Waals surface area contributed by atoms with Crippen LogP contribution in [0.25, 0.3) is 21.8 Å². The van der Waals surface area contributed by atoms with Gasteiger partial charge in [0.25, 0.3) is 0 Å². The van der Waals surface area contributed by atoms with E-state index in [1.54, 1.807) is 26.6 Å². The molecule has 0 saturated heterocycles. The summed E-state index contributed by atoms with van der Waals surface area (Å²) in [5.74, 6) is 2.32. The highest BCUT2D eigenvalue weighted by molar-refractivity contribution is 5.91. The lowest BCUT2D eigenvalue weighted by Crippen LogP contribution is -2.15. The van der Waals surface area contributed by atoms with Crippen molar-refractivity contribution in [1.82, 2.24) is 9.97 Å². The van der Waals surface area contributed by atoms with Gasteiger partial charge < -0.3 is 37.9 Å². The van der Waals surface area contributed by atoms with Gasteiger partial charge in [0.1, 0.15) is 67.3 Å². The quantitative estimate of drug-likeness (QED) is 0.0606. The summed E-state index contributed by atoms with van der Waals surface area (Å²) in [6.07, 6.45) is 2.71. The van der Waals surface area contributed by atoms with Crippen LogP contribution in [0.3, 0.4) is 0 Å². The fraction of sp³-hybridized carbons (Fsp3) is 0.319. The normalized spacial score (nSPS) is 11.2. The molecule has 59 heavy (non-hydrogen) atoms. The van der Waals surface area contributed by atoms with Crippen molar-refractivity contribution in [3.8, 4) is 34.5 Å². The zero-order valence-electron chi connectivity index (χ0n) is 34.8. The highest BCUT2D eigenvalue weighted by atomic mass is 16.6. The lowest BCUT2D eigenvalue weighted by molar-refractivity contribution is -0.156. The van der Waals surface area contributed by atoms with Gasteiger partial charge in [0.05, 0.1) is 48.6 Å². The molecule has 2 heterocycles. The van der Waals surface area contributed by atoms with Crippen molar-refractivity contribution in [1.29, 1.82) is 0 Å². The van der Waals surface area contributed by atoms with Crippen LogP contribution in [0, 0.1) is 13.8 Å². The molecule has 0 spiro atoms. The molecule has 0 radical (unpaired) electrons. The van der Waals surface area contributed by atoms with Crippen molar-refractivity contribution >= 4 is 33.7 Å². The molecule has 308 valence electrons. The van der Waals surface area contributed by atoms with Crippen LogP contribution >= 0.6 is 0 Å². The highest BCUT2D eigenvalue weighted by Gasteiger charge is 2.20. The minimum absolute atomic E-state index is 0.0963. The molecule has 0 fully saturated rings. The topological polar surface area (TPSA) is 134 Å². The minimum atomic E-state index is -0.735. The SMILES string of the molecule is COc1ccc2ncc(COc3c(C)cccc3COC(=O)CC(=O)OCc3cccc(C)c3OCc3cnc4ccc(OC)cc4c3OC(C)C)c(OC(C)C)c2c1. The van der Waals surface area contributed by atoms with Crippen LogP contribution in [0.4, 0.5) is 0 Å². The number of aromatic nitrogens is 2. The number of aryl methyl sites for hydroxylation is 2. The van der Waals surface area contributed by atoms with Crippen LogP contribution < -0.4 is 28.4 Å². The summed E-state index contributed by atoms with van der Waals surface area (Å²) in [6, 6.07) is 22.4. The maximum Gasteiger partial charge on any atom is 0.317 e. The maximum absolute atomic E-state index is 12.9. The van der Waals surface area contributed by atoms with Gasteiger partial charge in [-0.2, -0.15) is 0 Å². The van der Waals surface area contributed by atoms with Gasteiger partial charge in [-0.05, 0) is 89.1 Å². The number of fused-ring (bicyclic) bond motifs is 2. The summed E-state index contributed by atoms with van der Waals surface area (Å²) in [7, 11) is 3.23. The zero-order valence-corrected chi connectivity index (χ0v) is 34.8. The number of esters is 2. The molecule has 0 aliphatic heterocycles. The Labute approximate surface area is 344 Å². The summed E-state index contributed by atoms with van der Waals surface area (Å²) in [6.45, 7) is 11.7. The van der Waals surface area contributed by atoms with Crippen molar-refractivity contribution in [3.63, 3.8) is 0 Å². The van der Waals surface area contributed by atoms with Crippen molar-refractivity contribution in [2.24, 2.45) is 0 Å². The van der Waals surface area contributed by atoms with E-state index in [4.69, 9.17) is 37.9 Å². The van der Waals surface area contributed by atoms with Crippen LogP contribution in [0.15, 0.2) is 85.2 Å². The number of hydrogen-bond donors (Lipinski definition) is 0. The largest absolute Gasteiger partial charge is 0.497 e. The van der Waals surface area contributed by atoms with Gasteiger partial charge in [-0.15, -0.1) is 0 Å². The molecule has 0 atom stereocenters. The number of rotatable bonds is 18. The molecule has 0 unspecified atom stereocenters. The Balaban J connectivity index is 1.07. The second kappa shape index (κ2) is 19.3. The first-order valence-corrected chi connectivity index (χ1v) is 19.4. The third-order valence-electron chi connectivity index (χ3n) is 9.30. The standard InChI is InChI=1S/C47H50N2O10/c1-28(2)58-46-34(22-48-40-17-15-36(52-7)19-38(40)46)26-56-44-30(5)11-9-13-32(44)24-54-42(50)21-43(51)55-25-33-14-10-12-31(6)45(33)57-27-35-23-49-41-18-16-37(53-8)20-39(41)47(35)59-29(3)4/h9-20,22-23,28-29H,21,24-27H2,1-8H3. The number of pyridine rings is 2. The van der Waals surface area contributed by atoms with Crippen LogP contribution in [-0.4, -0.2) is 48.3 Å². The fourth-order valence-corrected chi connectivity index (χ4v) is 6.49. The third-order valence-corrected chi connectivity index (χ3v) is 9.30. The van der Waals surface area contributed by atoms with E-state index in [0.29, 0.717) is 45.6 Å². The van der Waals surface area contributed by atoms with Crippen LogP contribution in [0.1, 0.15) is 67.5 Å². The molecule has 6 rings (SSSR count). The molecular formula is C47H50N2O10. The van der Waals surface area contributed by atoms with Crippen molar-refractivity contribution in [2.45, 2.75) is 86.6 Å². The van der Waals surface area contributed by atoms with Gasteiger partial charge in [0.2, 0.25) is 0 Å². The number of ether oxygens (including phenoxy) is 8. The Kier molecular flexibility index (Phi) is 13.7. The number of benzene rings is 4. The molecule has 0 aliphatic rings. The van der Waals surface area contributed by atoms with Gasteiger partial charge in [0, 0.05) is 34.3 Å². The second-order valence-electron chi connectivity index (χ2n) is 14.5. The summed E-state index contributed by atoms with van der Waals surface area (Å²) in [5.41, 5.74) is 5.98. The van der Waals surface area contributed by atoms with E-state index in [2.05, 4.69) is 9.97 Å². The molecule has 12 heteroatoms. The summed E-state index contributed by atoms with van der Waals surface area (Å²) in [4.78, 5) is 35.0. The van der Waals surface area contributed by atoms with E-state index in [1.807, 2.05) is 114 Å². The Morgan fingerprint density at radius 1 is 0.542 bits per heavy atom. The molecule has 0 saturated carbocycles. The predicted octanol–water partition coefficient (Wildman–Crippen LogP) is 9.33. The summed E-state index contributed by atoms with van der Waals surface area (Å²) >= 11 is 0. The van der Waals surface area contributed by atoms with E-state index in [-0.39, 0.29) is 38.6 Å². The van der Waals surface area contributed by atoms with Crippen LogP contribution in [0.2, 0.25) is 0 Å². The summed E-state index contributed by atoms with van der Waals surface area (Å²) < 4.78 is 47.2. The molecular weight excluding hydrogens is 753 g/mol. The average Bonchev–Trinajstić information content (AvgIpc) is 3.21. The first-order valence-electron chi connectivity index (χ1n) is 19.4. The number of methoxy groups -OCH3 is 2. The lowest BCUT2D eigenvalue weighted by Gasteiger charge is -2.19. The molecule has 0 aliphatic carbocycles. The Hall–Kier alpha value is -6.56. The Morgan fingerprint density at radius 3 is 1.36 bits per heavy atom. The smallest absolute Gasteiger partial charge is 0.317 e. The number of para-hydroxylation sites is 2. The first-order chi connectivity index (χ1) is 28.4. The Morgan fingerprint density at radius 2 is 0.966 bits per heavy atom. The first kappa shape index (κ1) is 42.1. The minimum Gasteiger partial charge on any atom is -0.497 e. The van der Waals surface area contributed by atoms with Gasteiger partial charge in [-0.1, -0.05) is 36.4 Å². The molecule has 2 aromatic heterocycles. The lowest BCUT2D eigenvalue weighted by atomic mass is 10.1. The van der Waals surface area contributed by atoms with Gasteiger partial charge >= 0.3 is 11.9 Å². The van der Waals surface area contributed by atoms with Crippen LogP contribution in [-0.2, 0) is 45.5 Å². The number of hydrogen-bond acceptors (Lipinski definition) is 12. The fourth-order valence-electron chi connectivity index (χ4n) is 6.49. The van der Waals surface area contributed by atoms with E-state index in [9.17, 15) is 9.59 Å². The van der Waals surface area contributed by atoms with E-state index >= 15 is 0 Å². The zero-order chi connectivity index (χ0) is 42.1. The Bertz CT molecular complexity index is 2280. The van der Waals surface area contributed by atoms with Gasteiger partial charge in [-0.3, -0.25) is 19.6 Å². The van der Waals surface area contributed by atoms with E-state index in [0.717, 1.165) is 44.1 Å². The van der Waals surface area contributed by atoms with E-state index in [1.165, 1.54) is 0 Å². The molecule has 12 nitrogen and oxygen atoms in total. The number of nitrogens with zero attached hydrogens (tertiary/aromatic N) is 2. The summed E-state index contributed by atoms with van der Waals surface area (Å²) in [5, 5.41) is 1.62. The number of carbonyl (C=O) groups is 2. The molecule has 0 bridgehead atoms. The highest BCUT2D eigenvalue weighted by Crippen LogP contribution is 2.36. The van der Waals surface area contributed by atoms with Crippen molar-refractivity contribution < 1.29 is 47.5 Å². The monoisotopic (exact) mass is 802 g/mol. The third kappa shape index (κ3) is 10.5.